The Morgan fingerprint density at radius 3 is 2.75 bits per heavy atom. The van der Waals surface area contributed by atoms with Crippen molar-refractivity contribution in [2.45, 2.75) is 5.22 Å². The van der Waals surface area contributed by atoms with E-state index in [0.29, 0.717) is 15.9 Å². The van der Waals surface area contributed by atoms with Crippen LogP contribution in [0.1, 0.15) is 0 Å². The van der Waals surface area contributed by atoms with Crippen molar-refractivity contribution >= 4 is 39.2 Å². The molecule has 2 aromatic carbocycles. The Kier molecular flexibility index (Phi) is 5.27. The zero-order chi connectivity index (χ0) is 19.5. The molecule has 0 atom stereocenters. The number of amides is 1. The molecule has 0 fully saturated rings. The number of carbonyl (C=O) groups excluding carboxylic acids is 1. The number of rotatable bonds is 5. The number of ether oxygens (including phenoxy) is 1. The van der Waals surface area contributed by atoms with Gasteiger partial charge in [-0.05, 0) is 36.4 Å². The Balaban J connectivity index is 1.45. The highest BCUT2D eigenvalue weighted by atomic mass is 32.2. The summed E-state index contributed by atoms with van der Waals surface area (Å²) in [4.78, 5) is 17.1. The Hall–Kier alpha value is -2.91. The summed E-state index contributed by atoms with van der Waals surface area (Å²) in [5.74, 6) is 1.01. The molecule has 4 aromatic rings. The van der Waals surface area contributed by atoms with Gasteiger partial charge < -0.3 is 13.7 Å². The van der Waals surface area contributed by atoms with Crippen LogP contribution in [-0.4, -0.2) is 33.5 Å². The first kappa shape index (κ1) is 18.5. The van der Waals surface area contributed by atoms with Crippen molar-refractivity contribution in [1.82, 2.24) is 14.8 Å². The van der Waals surface area contributed by atoms with E-state index in [1.165, 1.54) is 23.1 Å². The molecule has 1 amide bonds. The van der Waals surface area contributed by atoms with Crippen molar-refractivity contribution in [3.8, 4) is 17.2 Å². The number of aromatic nitrogens is 3. The number of carbonyl (C=O) groups is 1. The van der Waals surface area contributed by atoms with Crippen LogP contribution in [0.2, 0.25) is 0 Å². The summed E-state index contributed by atoms with van der Waals surface area (Å²) in [5.41, 5.74) is 1.83. The van der Waals surface area contributed by atoms with Gasteiger partial charge in [0.1, 0.15) is 5.75 Å². The summed E-state index contributed by atoms with van der Waals surface area (Å²) in [6, 6.07) is 15.3. The van der Waals surface area contributed by atoms with Gasteiger partial charge in [-0.3, -0.25) is 4.79 Å². The molecule has 0 unspecified atom stereocenters. The molecule has 0 saturated heterocycles. The molecule has 7 nitrogen and oxygen atoms in total. The zero-order valence-corrected chi connectivity index (χ0v) is 16.8. The molecule has 0 N–H and O–H groups in total. The Labute approximate surface area is 168 Å². The molecule has 142 valence electrons. The van der Waals surface area contributed by atoms with Crippen LogP contribution >= 0.6 is 23.1 Å². The lowest BCUT2D eigenvalue weighted by Crippen LogP contribution is -2.14. The van der Waals surface area contributed by atoms with Crippen molar-refractivity contribution in [1.29, 1.82) is 0 Å². The molecular formula is C19H16N4O3S2. The number of nitrogens with zero attached hydrogens (tertiary/aromatic N) is 4. The first-order valence-electron chi connectivity index (χ1n) is 8.37. The van der Waals surface area contributed by atoms with Gasteiger partial charge >= 0.3 is 0 Å². The average Bonchev–Trinajstić information content (AvgIpc) is 3.32. The molecule has 28 heavy (non-hydrogen) atoms. The highest BCUT2D eigenvalue weighted by Gasteiger charge is 2.12. The molecule has 0 saturated carbocycles. The quantitative estimate of drug-likeness (QED) is 0.467. The van der Waals surface area contributed by atoms with E-state index in [-0.39, 0.29) is 11.7 Å². The van der Waals surface area contributed by atoms with Gasteiger partial charge in [0.2, 0.25) is 5.89 Å². The van der Waals surface area contributed by atoms with E-state index in [1.54, 1.807) is 7.11 Å². The molecule has 2 heterocycles. The van der Waals surface area contributed by atoms with Crippen LogP contribution in [-0.2, 0) is 11.8 Å². The molecule has 0 aliphatic carbocycles. The lowest BCUT2D eigenvalue weighted by molar-refractivity contribution is -0.115. The number of aryl methyl sites for hydroxylation is 1. The number of methoxy groups -OCH3 is 1. The zero-order valence-electron chi connectivity index (χ0n) is 15.2. The van der Waals surface area contributed by atoms with Crippen LogP contribution < -0.4 is 9.54 Å². The van der Waals surface area contributed by atoms with Gasteiger partial charge in [-0.1, -0.05) is 35.2 Å². The van der Waals surface area contributed by atoms with Crippen LogP contribution in [0.4, 0.5) is 0 Å². The monoisotopic (exact) mass is 412 g/mol. The average molecular weight is 412 g/mol. The standard InChI is InChI=1S/C19H16N4O3S2/c1-23-14-5-3-4-6-15(14)28-18(23)20-16(24)11-27-19-22-21-17(26-19)12-7-9-13(25-2)10-8-12/h3-10H,11H2,1-2H3. The Morgan fingerprint density at radius 1 is 1.21 bits per heavy atom. The van der Waals surface area contributed by atoms with Crippen LogP contribution in [0.15, 0.2) is 63.2 Å². The van der Waals surface area contributed by atoms with E-state index >= 15 is 0 Å². The maximum Gasteiger partial charge on any atom is 0.277 e. The smallest absolute Gasteiger partial charge is 0.277 e. The number of hydrogen-bond acceptors (Lipinski definition) is 7. The number of hydrogen-bond donors (Lipinski definition) is 0. The van der Waals surface area contributed by atoms with E-state index in [9.17, 15) is 4.79 Å². The van der Waals surface area contributed by atoms with E-state index in [0.717, 1.165) is 21.5 Å². The summed E-state index contributed by atoms with van der Waals surface area (Å²) in [5, 5.41) is 8.34. The molecule has 4 rings (SSSR count). The normalized spacial score (nSPS) is 11.9. The predicted molar refractivity (Wildman–Crippen MR) is 108 cm³/mol. The lowest BCUT2D eigenvalue weighted by atomic mass is 10.2. The molecule has 0 radical (unpaired) electrons. The second-order valence-electron chi connectivity index (χ2n) is 5.81. The highest BCUT2D eigenvalue weighted by Crippen LogP contribution is 2.25. The number of para-hydroxylation sites is 1. The summed E-state index contributed by atoms with van der Waals surface area (Å²) < 4.78 is 13.8. The van der Waals surface area contributed by atoms with E-state index in [1.807, 2.05) is 60.1 Å². The minimum Gasteiger partial charge on any atom is -0.497 e. The van der Waals surface area contributed by atoms with Crippen molar-refractivity contribution in [3.05, 3.63) is 53.3 Å². The number of thiazole rings is 1. The minimum absolute atomic E-state index is 0.124. The fraction of sp³-hybridized carbons (Fsp3) is 0.158. The van der Waals surface area contributed by atoms with Crippen molar-refractivity contribution in [3.63, 3.8) is 0 Å². The Morgan fingerprint density at radius 2 is 2.00 bits per heavy atom. The number of fused-ring (bicyclic) bond motifs is 1. The van der Waals surface area contributed by atoms with Gasteiger partial charge in [-0.25, -0.2) is 0 Å². The minimum atomic E-state index is -0.253. The summed E-state index contributed by atoms with van der Waals surface area (Å²) in [7, 11) is 3.51. The lowest BCUT2D eigenvalue weighted by Gasteiger charge is -1.99. The van der Waals surface area contributed by atoms with E-state index in [2.05, 4.69) is 15.2 Å². The summed E-state index contributed by atoms with van der Waals surface area (Å²) in [6.45, 7) is 0. The van der Waals surface area contributed by atoms with Gasteiger partial charge in [0, 0.05) is 12.6 Å². The third kappa shape index (κ3) is 3.85. The Bertz CT molecular complexity index is 1190. The second-order valence-corrected chi connectivity index (χ2v) is 7.74. The molecule has 9 heteroatoms. The van der Waals surface area contributed by atoms with Crippen LogP contribution in [0.5, 0.6) is 5.75 Å². The van der Waals surface area contributed by atoms with Crippen LogP contribution in [0, 0.1) is 0 Å². The third-order valence-corrected chi connectivity index (χ3v) is 5.91. The van der Waals surface area contributed by atoms with Gasteiger partial charge in [0.15, 0.2) is 4.80 Å². The van der Waals surface area contributed by atoms with Gasteiger partial charge in [0.25, 0.3) is 11.1 Å². The topological polar surface area (TPSA) is 82.5 Å². The molecular weight excluding hydrogens is 396 g/mol. The third-order valence-electron chi connectivity index (χ3n) is 4.00. The maximum absolute atomic E-state index is 12.3. The highest BCUT2D eigenvalue weighted by molar-refractivity contribution is 7.99. The largest absolute Gasteiger partial charge is 0.497 e. The summed E-state index contributed by atoms with van der Waals surface area (Å²) >= 11 is 2.65. The molecule has 0 spiro atoms. The molecule has 2 aromatic heterocycles. The van der Waals surface area contributed by atoms with E-state index in [4.69, 9.17) is 9.15 Å². The fourth-order valence-electron chi connectivity index (χ4n) is 2.57. The van der Waals surface area contributed by atoms with Crippen molar-refractivity contribution in [2.24, 2.45) is 12.0 Å². The van der Waals surface area contributed by atoms with Crippen molar-refractivity contribution in [2.75, 3.05) is 12.9 Å². The first-order valence-corrected chi connectivity index (χ1v) is 10.2. The predicted octanol–water partition coefficient (Wildman–Crippen LogP) is 3.52. The number of thioether (sulfide) groups is 1. The van der Waals surface area contributed by atoms with Gasteiger partial charge in [0.05, 0.1) is 23.1 Å². The first-order chi connectivity index (χ1) is 13.6. The van der Waals surface area contributed by atoms with Crippen molar-refractivity contribution < 1.29 is 13.9 Å². The second kappa shape index (κ2) is 7.99. The fourth-order valence-corrected chi connectivity index (χ4v) is 4.15. The summed E-state index contributed by atoms with van der Waals surface area (Å²) in [6.07, 6.45) is 0. The molecule has 0 bridgehead atoms. The van der Waals surface area contributed by atoms with Crippen LogP contribution in [0.3, 0.4) is 0 Å². The van der Waals surface area contributed by atoms with Gasteiger partial charge in [-0.2, -0.15) is 4.99 Å². The van der Waals surface area contributed by atoms with E-state index < -0.39 is 0 Å². The maximum atomic E-state index is 12.3. The molecule has 0 aliphatic heterocycles. The SMILES string of the molecule is COc1ccc(-c2nnc(SCC(=O)N=c3sc4ccccc4n3C)o2)cc1. The molecule has 0 aliphatic rings. The van der Waals surface area contributed by atoms with Crippen LogP contribution in [0.25, 0.3) is 21.7 Å². The van der Waals surface area contributed by atoms with Gasteiger partial charge in [-0.15, -0.1) is 10.2 Å². The number of benzene rings is 2.